The van der Waals surface area contributed by atoms with Gasteiger partial charge >= 0.3 is 0 Å². The lowest BCUT2D eigenvalue weighted by Crippen LogP contribution is -2.42. The number of fused-ring (bicyclic) bond motifs is 1. The predicted molar refractivity (Wildman–Crippen MR) is 74.5 cm³/mol. The van der Waals surface area contributed by atoms with E-state index < -0.39 is 0 Å². The normalized spacial score (nSPS) is 18.2. The van der Waals surface area contributed by atoms with Gasteiger partial charge in [-0.25, -0.2) is 0 Å². The molecule has 1 atom stereocenters. The number of anilines is 1. The lowest BCUT2D eigenvalue weighted by molar-refractivity contribution is 0.0947. The first-order chi connectivity index (χ1) is 9.16. The molecule has 1 unspecified atom stereocenters. The van der Waals surface area contributed by atoms with Gasteiger partial charge in [0.25, 0.3) is 5.91 Å². The van der Waals surface area contributed by atoms with E-state index in [4.69, 9.17) is 4.42 Å². The van der Waals surface area contributed by atoms with Gasteiger partial charge in [-0.1, -0.05) is 18.2 Å². The number of furan rings is 1. The molecule has 0 aliphatic carbocycles. The van der Waals surface area contributed by atoms with E-state index in [-0.39, 0.29) is 11.9 Å². The van der Waals surface area contributed by atoms with E-state index in [0.29, 0.717) is 5.76 Å². The summed E-state index contributed by atoms with van der Waals surface area (Å²) in [5.74, 6) is 1.13. The van der Waals surface area contributed by atoms with Crippen molar-refractivity contribution in [1.29, 1.82) is 0 Å². The summed E-state index contributed by atoms with van der Waals surface area (Å²) < 4.78 is 5.47. The molecule has 2 aromatic rings. The third-order valence-corrected chi connectivity index (χ3v) is 3.69. The van der Waals surface area contributed by atoms with Crippen LogP contribution in [0.1, 0.15) is 35.2 Å². The van der Waals surface area contributed by atoms with Gasteiger partial charge in [0.2, 0.25) is 0 Å². The SMILES string of the molecule is Cc1ccc(C(=O)N2c3ccccc3CCC2C)o1. The fraction of sp³-hybridized carbons (Fsp3) is 0.312. The average molecular weight is 255 g/mol. The van der Waals surface area contributed by atoms with Crippen molar-refractivity contribution in [2.24, 2.45) is 0 Å². The number of hydrogen-bond donors (Lipinski definition) is 0. The highest BCUT2D eigenvalue weighted by Crippen LogP contribution is 2.31. The number of rotatable bonds is 1. The van der Waals surface area contributed by atoms with Gasteiger partial charge in [0, 0.05) is 11.7 Å². The second-order valence-electron chi connectivity index (χ2n) is 5.10. The Bertz CT molecular complexity index is 615. The summed E-state index contributed by atoms with van der Waals surface area (Å²) in [6.45, 7) is 3.94. The molecule has 0 N–H and O–H groups in total. The Labute approximate surface area is 112 Å². The van der Waals surface area contributed by atoms with Crippen LogP contribution in [0.25, 0.3) is 0 Å². The summed E-state index contributed by atoms with van der Waals surface area (Å²) >= 11 is 0. The Kier molecular flexibility index (Phi) is 2.90. The topological polar surface area (TPSA) is 33.5 Å². The first kappa shape index (κ1) is 12.0. The number of nitrogens with zero attached hydrogens (tertiary/aromatic N) is 1. The smallest absolute Gasteiger partial charge is 0.294 e. The van der Waals surface area contributed by atoms with Gasteiger partial charge in [-0.3, -0.25) is 4.79 Å². The molecule has 1 aromatic carbocycles. The molecular formula is C16H17NO2. The minimum Gasteiger partial charge on any atom is -0.456 e. The highest BCUT2D eigenvalue weighted by atomic mass is 16.3. The summed E-state index contributed by atoms with van der Waals surface area (Å²) in [4.78, 5) is 14.5. The third-order valence-electron chi connectivity index (χ3n) is 3.69. The highest BCUT2D eigenvalue weighted by molar-refractivity contribution is 6.05. The lowest BCUT2D eigenvalue weighted by atomic mass is 9.96. The minimum atomic E-state index is -0.0484. The van der Waals surface area contributed by atoms with Crippen molar-refractivity contribution in [2.45, 2.75) is 32.7 Å². The van der Waals surface area contributed by atoms with Gasteiger partial charge in [-0.05, 0) is 50.5 Å². The molecule has 19 heavy (non-hydrogen) atoms. The van der Waals surface area contributed by atoms with Crippen molar-refractivity contribution < 1.29 is 9.21 Å². The van der Waals surface area contributed by atoms with E-state index in [1.807, 2.05) is 36.1 Å². The van der Waals surface area contributed by atoms with Gasteiger partial charge < -0.3 is 9.32 Å². The molecule has 0 bridgehead atoms. The number of hydrogen-bond acceptors (Lipinski definition) is 2. The van der Waals surface area contributed by atoms with E-state index in [1.165, 1.54) is 5.56 Å². The van der Waals surface area contributed by atoms with Crippen LogP contribution in [0.4, 0.5) is 5.69 Å². The number of carbonyl (C=O) groups is 1. The molecule has 0 spiro atoms. The third kappa shape index (κ3) is 2.05. The Balaban J connectivity index is 2.02. The fourth-order valence-electron chi connectivity index (χ4n) is 2.67. The maximum absolute atomic E-state index is 12.6. The highest BCUT2D eigenvalue weighted by Gasteiger charge is 2.30. The molecule has 1 aliphatic heterocycles. The van der Waals surface area contributed by atoms with Crippen molar-refractivity contribution >= 4 is 11.6 Å². The number of aryl methyl sites for hydroxylation is 2. The Morgan fingerprint density at radius 2 is 2.05 bits per heavy atom. The molecule has 0 saturated heterocycles. The fourth-order valence-corrected chi connectivity index (χ4v) is 2.67. The van der Waals surface area contributed by atoms with Crippen LogP contribution in [-0.2, 0) is 6.42 Å². The van der Waals surface area contributed by atoms with Gasteiger partial charge in [0.1, 0.15) is 5.76 Å². The number of benzene rings is 1. The molecule has 0 saturated carbocycles. The maximum Gasteiger partial charge on any atom is 0.294 e. The number of amides is 1. The Morgan fingerprint density at radius 3 is 2.79 bits per heavy atom. The summed E-state index contributed by atoms with van der Waals surface area (Å²) in [7, 11) is 0. The van der Waals surface area contributed by atoms with Crippen LogP contribution >= 0.6 is 0 Å². The molecule has 0 fully saturated rings. The van der Waals surface area contributed by atoms with Crippen LogP contribution in [0, 0.1) is 6.92 Å². The van der Waals surface area contributed by atoms with Crippen molar-refractivity contribution in [2.75, 3.05) is 4.90 Å². The van der Waals surface area contributed by atoms with Crippen LogP contribution in [0.15, 0.2) is 40.8 Å². The molecule has 2 heterocycles. The molecule has 1 amide bonds. The molecule has 98 valence electrons. The zero-order valence-corrected chi connectivity index (χ0v) is 11.2. The zero-order valence-electron chi connectivity index (χ0n) is 11.2. The van der Waals surface area contributed by atoms with Crippen molar-refractivity contribution in [3.05, 3.63) is 53.5 Å². The largest absolute Gasteiger partial charge is 0.456 e. The quantitative estimate of drug-likeness (QED) is 0.780. The molecular weight excluding hydrogens is 238 g/mol. The monoisotopic (exact) mass is 255 g/mol. The summed E-state index contributed by atoms with van der Waals surface area (Å²) in [6.07, 6.45) is 2.01. The molecule has 1 aliphatic rings. The summed E-state index contributed by atoms with van der Waals surface area (Å²) in [5, 5.41) is 0. The van der Waals surface area contributed by atoms with Crippen LogP contribution in [-0.4, -0.2) is 11.9 Å². The van der Waals surface area contributed by atoms with Gasteiger partial charge in [-0.15, -0.1) is 0 Å². The first-order valence-electron chi connectivity index (χ1n) is 6.64. The second-order valence-corrected chi connectivity index (χ2v) is 5.10. The van der Waals surface area contributed by atoms with E-state index in [0.717, 1.165) is 24.3 Å². The Morgan fingerprint density at radius 1 is 1.26 bits per heavy atom. The summed E-state index contributed by atoms with van der Waals surface area (Å²) in [6, 6.07) is 11.9. The van der Waals surface area contributed by atoms with Gasteiger partial charge in [-0.2, -0.15) is 0 Å². The zero-order chi connectivity index (χ0) is 13.4. The second kappa shape index (κ2) is 4.57. The van der Waals surface area contributed by atoms with Crippen molar-refractivity contribution in [3.8, 4) is 0 Å². The molecule has 3 nitrogen and oxygen atoms in total. The van der Waals surface area contributed by atoms with E-state index in [9.17, 15) is 4.79 Å². The predicted octanol–water partition coefficient (Wildman–Crippen LogP) is 3.57. The molecule has 3 heteroatoms. The summed E-state index contributed by atoms with van der Waals surface area (Å²) in [5.41, 5.74) is 2.25. The minimum absolute atomic E-state index is 0.0484. The number of para-hydroxylation sites is 1. The van der Waals surface area contributed by atoms with E-state index >= 15 is 0 Å². The van der Waals surface area contributed by atoms with Crippen LogP contribution in [0.2, 0.25) is 0 Å². The molecule has 3 rings (SSSR count). The first-order valence-corrected chi connectivity index (χ1v) is 6.64. The van der Waals surface area contributed by atoms with Crippen LogP contribution < -0.4 is 4.90 Å². The van der Waals surface area contributed by atoms with Crippen LogP contribution in [0.5, 0.6) is 0 Å². The lowest BCUT2D eigenvalue weighted by Gasteiger charge is -2.34. The van der Waals surface area contributed by atoms with Gasteiger partial charge in [0.05, 0.1) is 0 Å². The average Bonchev–Trinajstić information content (AvgIpc) is 2.85. The van der Waals surface area contributed by atoms with E-state index in [1.54, 1.807) is 6.07 Å². The van der Waals surface area contributed by atoms with E-state index in [2.05, 4.69) is 13.0 Å². The maximum atomic E-state index is 12.6. The molecule has 1 aromatic heterocycles. The van der Waals surface area contributed by atoms with Gasteiger partial charge in [0.15, 0.2) is 5.76 Å². The number of carbonyl (C=O) groups excluding carboxylic acids is 1. The van der Waals surface area contributed by atoms with Crippen LogP contribution in [0.3, 0.4) is 0 Å². The standard InChI is InChI=1S/C16H17NO2/c1-11-7-9-13-5-3-4-6-14(13)17(11)16(18)15-10-8-12(2)19-15/h3-6,8,10-11H,7,9H2,1-2H3. The Hall–Kier alpha value is -2.03. The van der Waals surface area contributed by atoms with Crippen molar-refractivity contribution in [1.82, 2.24) is 0 Å². The molecule has 0 radical (unpaired) electrons. The van der Waals surface area contributed by atoms with Crippen molar-refractivity contribution in [3.63, 3.8) is 0 Å².